The van der Waals surface area contributed by atoms with Gasteiger partial charge in [0.15, 0.2) is 0 Å². The molecular formula is C16H15ClN2O3. The van der Waals surface area contributed by atoms with E-state index in [2.05, 4.69) is 10.6 Å². The SMILES string of the molecule is COc1cccc(NC(=O)CNC(=O)c2cccc(Cl)c2)c1. The maximum Gasteiger partial charge on any atom is 0.251 e. The molecule has 0 spiro atoms. The van der Waals surface area contributed by atoms with Crippen molar-refractivity contribution < 1.29 is 14.3 Å². The molecule has 0 saturated heterocycles. The molecule has 0 heterocycles. The molecule has 0 aliphatic heterocycles. The van der Waals surface area contributed by atoms with Crippen LogP contribution in [0.2, 0.25) is 5.02 Å². The zero-order chi connectivity index (χ0) is 15.9. The van der Waals surface area contributed by atoms with Crippen LogP contribution in [0.1, 0.15) is 10.4 Å². The van der Waals surface area contributed by atoms with Gasteiger partial charge in [-0.1, -0.05) is 23.7 Å². The zero-order valence-corrected chi connectivity index (χ0v) is 12.7. The van der Waals surface area contributed by atoms with Crippen LogP contribution in [0, 0.1) is 0 Å². The lowest BCUT2D eigenvalue weighted by molar-refractivity contribution is -0.115. The first-order chi connectivity index (χ1) is 10.6. The molecule has 22 heavy (non-hydrogen) atoms. The van der Waals surface area contributed by atoms with Crippen molar-refractivity contribution in [3.05, 3.63) is 59.1 Å². The van der Waals surface area contributed by atoms with Crippen molar-refractivity contribution >= 4 is 29.1 Å². The second-order valence-corrected chi connectivity index (χ2v) is 4.91. The van der Waals surface area contributed by atoms with Gasteiger partial charge in [0.25, 0.3) is 5.91 Å². The normalized spacial score (nSPS) is 9.91. The Labute approximate surface area is 133 Å². The van der Waals surface area contributed by atoms with Gasteiger partial charge < -0.3 is 15.4 Å². The summed E-state index contributed by atoms with van der Waals surface area (Å²) >= 11 is 5.82. The Morgan fingerprint density at radius 2 is 1.91 bits per heavy atom. The molecule has 0 bridgehead atoms. The molecule has 2 aromatic carbocycles. The molecule has 6 heteroatoms. The Bertz CT molecular complexity index is 689. The van der Waals surface area contributed by atoms with Crippen LogP contribution >= 0.6 is 11.6 Å². The van der Waals surface area contributed by atoms with E-state index in [4.69, 9.17) is 16.3 Å². The predicted octanol–water partition coefficient (Wildman–Crippen LogP) is 2.72. The first kappa shape index (κ1) is 15.9. The van der Waals surface area contributed by atoms with Gasteiger partial charge in [-0.2, -0.15) is 0 Å². The molecule has 0 fully saturated rings. The summed E-state index contributed by atoms with van der Waals surface area (Å²) < 4.78 is 5.07. The smallest absolute Gasteiger partial charge is 0.251 e. The number of amides is 2. The quantitative estimate of drug-likeness (QED) is 0.890. The third-order valence-electron chi connectivity index (χ3n) is 2.85. The van der Waals surface area contributed by atoms with Crippen molar-refractivity contribution in [3.63, 3.8) is 0 Å². The van der Waals surface area contributed by atoms with E-state index in [0.717, 1.165) is 0 Å². The highest BCUT2D eigenvalue weighted by molar-refractivity contribution is 6.31. The highest BCUT2D eigenvalue weighted by Crippen LogP contribution is 2.16. The molecule has 2 aromatic rings. The van der Waals surface area contributed by atoms with Crippen LogP contribution in [-0.2, 0) is 4.79 Å². The third-order valence-corrected chi connectivity index (χ3v) is 3.08. The second kappa shape index (κ2) is 7.47. The number of carbonyl (C=O) groups is 2. The Balaban J connectivity index is 1.88. The summed E-state index contributed by atoms with van der Waals surface area (Å²) in [4.78, 5) is 23.7. The molecule has 0 radical (unpaired) electrons. The topological polar surface area (TPSA) is 67.4 Å². The summed E-state index contributed by atoms with van der Waals surface area (Å²) in [6, 6.07) is 13.5. The van der Waals surface area contributed by atoms with Crippen LogP contribution in [0.4, 0.5) is 5.69 Å². The van der Waals surface area contributed by atoms with E-state index >= 15 is 0 Å². The van der Waals surface area contributed by atoms with E-state index in [1.54, 1.807) is 49.6 Å². The molecule has 0 aliphatic rings. The molecule has 2 rings (SSSR count). The minimum atomic E-state index is -0.358. The largest absolute Gasteiger partial charge is 0.497 e. The number of hydrogen-bond acceptors (Lipinski definition) is 3. The third kappa shape index (κ3) is 4.49. The lowest BCUT2D eigenvalue weighted by Crippen LogP contribution is -2.32. The number of halogens is 1. The lowest BCUT2D eigenvalue weighted by atomic mass is 10.2. The van der Waals surface area contributed by atoms with Gasteiger partial charge in [-0.25, -0.2) is 0 Å². The number of carbonyl (C=O) groups excluding carboxylic acids is 2. The van der Waals surface area contributed by atoms with Crippen LogP contribution < -0.4 is 15.4 Å². The summed E-state index contributed by atoms with van der Waals surface area (Å²) in [7, 11) is 1.55. The van der Waals surface area contributed by atoms with Crippen molar-refractivity contribution in [2.24, 2.45) is 0 Å². The monoisotopic (exact) mass is 318 g/mol. The fraction of sp³-hybridized carbons (Fsp3) is 0.125. The summed E-state index contributed by atoms with van der Waals surface area (Å²) in [5.41, 5.74) is 1.00. The van der Waals surface area contributed by atoms with Gasteiger partial charge in [0.05, 0.1) is 13.7 Å². The van der Waals surface area contributed by atoms with E-state index in [0.29, 0.717) is 22.0 Å². The lowest BCUT2D eigenvalue weighted by Gasteiger charge is -2.08. The molecule has 2 N–H and O–H groups in total. The van der Waals surface area contributed by atoms with Gasteiger partial charge in [0.2, 0.25) is 5.91 Å². The maximum absolute atomic E-state index is 11.9. The molecule has 0 atom stereocenters. The Morgan fingerprint density at radius 3 is 2.64 bits per heavy atom. The first-order valence-corrected chi connectivity index (χ1v) is 6.94. The van der Waals surface area contributed by atoms with Crippen molar-refractivity contribution in [2.45, 2.75) is 0 Å². The Morgan fingerprint density at radius 1 is 1.14 bits per heavy atom. The van der Waals surface area contributed by atoms with Gasteiger partial charge in [-0.3, -0.25) is 9.59 Å². The van der Waals surface area contributed by atoms with Gasteiger partial charge >= 0.3 is 0 Å². The van der Waals surface area contributed by atoms with Crippen LogP contribution in [0.15, 0.2) is 48.5 Å². The van der Waals surface area contributed by atoms with E-state index < -0.39 is 0 Å². The number of anilines is 1. The van der Waals surface area contributed by atoms with Crippen LogP contribution in [0.25, 0.3) is 0 Å². The molecule has 0 unspecified atom stereocenters. The van der Waals surface area contributed by atoms with E-state index in [1.807, 2.05) is 0 Å². The average Bonchev–Trinajstić information content (AvgIpc) is 2.52. The number of ether oxygens (including phenoxy) is 1. The number of benzene rings is 2. The first-order valence-electron chi connectivity index (χ1n) is 6.56. The number of rotatable bonds is 5. The van der Waals surface area contributed by atoms with Gasteiger partial charge in [-0.05, 0) is 30.3 Å². The summed E-state index contributed by atoms with van der Waals surface area (Å²) in [6.07, 6.45) is 0. The average molecular weight is 319 g/mol. The fourth-order valence-corrected chi connectivity index (χ4v) is 1.99. The summed E-state index contributed by atoms with van der Waals surface area (Å²) in [6.45, 7) is -0.136. The highest BCUT2D eigenvalue weighted by atomic mass is 35.5. The van der Waals surface area contributed by atoms with Crippen LogP contribution in [0.3, 0.4) is 0 Å². The molecular weight excluding hydrogens is 304 g/mol. The molecule has 114 valence electrons. The zero-order valence-electron chi connectivity index (χ0n) is 11.9. The van der Waals surface area contributed by atoms with E-state index in [1.165, 1.54) is 6.07 Å². The van der Waals surface area contributed by atoms with Crippen molar-refractivity contribution in [2.75, 3.05) is 19.0 Å². The van der Waals surface area contributed by atoms with Crippen molar-refractivity contribution in [1.82, 2.24) is 5.32 Å². The number of nitrogens with one attached hydrogen (secondary N) is 2. The minimum absolute atomic E-state index is 0.136. The molecule has 2 amide bonds. The predicted molar refractivity (Wildman–Crippen MR) is 85.4 cm³/mol. The summed E-state index contributed by atoms with van der Waals surface area (Å²) in [5, 5.41) is 5.68. The minimum Gasteiger partial charge on any atom is -0.497 e. The molecule has 0 saturated carbocycles. The van der Waals surface area contributed by atoms with Crippen LogP contribution in [-0.4, -0.2) is 25.5 Å². The Hall–Kier alpha value is -2.53. The van der Waals surface area contributed by atoms with Crippen molar-refractivity contribution in [1.29, 1.82) is 0 Å². The molecule has 0 aliphatic carbocycles. The van der Waals surface area contributed by atoms with Gasteiger partial charge in [0, 0.05) is 22.3 Å². The molecule has 5 nitrogen and oxygen atoms in total. The second-order valence-electron chi connectivity index (χ2n) is 4.47. The highest BCUT2D eigenvalue weighted by Gasteiger charge is 2.08. The van der Waals surface area contributed by atoms with Crippen LogP contribution in [0.5, 0.6) is 5.75 Å². The van der Waals surface area contributed by atoms with Crippen molar-refractivity contribution in [3.8, 4) is 5.75 Å². The Kier molecular flexibility index (Phi) is 5.38. The molecule has 0 aromatic heterocycles. The van der Waals surface area contributed by atoms with E-state index in [9.17, 15) is 9.59 Å². The van der Waals surface area contributed by atoms with Gasteiger partial charge in [-0.15, -0.1) is 0 Å². The number of methoxy groups -OCH3 is 1. The summed E-state index contributed by atoms with van der Waals surface area (Å²) in [5.74, 6) is -0.0484. The number of hydrogen-bond donors (Lipinski definition) is 2. The standard InChI is InChI=1S/C16H15ClN2O3/c1-22-14-7-3-6-13(9-14)19-15(20)10-18-16(21)11-4-2-5-12(17)8-11/h2-9H,10H2,1H3,(H,18,21)(H,19,20). The van der Waals surface area contributed by atoms with E-state index in [-0.39, 0.29) is 18.4 Å². The maximum atomic E-state index is 11.9. The fourth-order valence-electron chi connectivity index (χ4n) is 1.80. The van der Waals surface area contributed by atoms with Gasteiger partial charge in [0.1, 0.15) is 5.75 Å².